The molecule has 0 unspecified atom stereocenters. The Kier molecular flexibility index (Phi) is 6.58. The number of carbonyl (C=O) groups is 1. The molecule has 1 heterocycles. The van der Waals surface area contributed by atoms with Crippen LogP contribution in [0.15, 0.2) is 47.4 Å². The molecule has 1 aliphatic heterocycles. The fourth-order valence-corrected chi connectivity index (χ4v) is 3.20. The lowest BCUT2D eigenvalue weighted by Crippen LogP contribution is -2.07. The van der Waals surface area contributed by atoms with Crippen LogP contribution in [0.5, 0.6) is 11.5 Å². The van der Waals surface area contributed by atoms with Crippen LogP contribution < -0.4 is 14.8 Å². The van der Waals surface area contributed by atoms with Crippen molar-refractivity contribution in [3.8, 4) is 11.5 Å². The van der Waals surface area contributed by atoms with Crippen LogP contribution in [-0.4, -0.2) is 24.9 Å². The second-order valence-corrected chi connectivity index (χ2v) is 7.08. The van der Waals surface area contributed by atoms with Crippen LogP contribution in [0.2, 0.25) is 5.02 Å². The van der Waals surface area contributed by atoms with Crippen molar-refractivity contribution in [2.24, 2.45) is 0 Å². The summed E-state index contributed by atoms with van der Waals surface area (Å²) in [7, 11) is 0. The van der Waals surface area contributed by atoms with E-state index in [1.807, 2.05) is 0 Å². The average molecular weight is 412 g/mol. The summed E-state index contributed by atoms with van der Waals surface area (Å²) in [5, 5.41) is 3.09. The molecule has 4 nitrogen and oxygen atoms in total. The van der Waals surface area contributed by atoms with Gasteiger partial charge in [0.2, 0.25) is 5.91 Å². The van der Waals surface area contributed by atoms with Gasteiger partial charge in [0.05, 0.1) is 18.2 Å². The quantitative estimate of drug-likeness (QED) is 0.523. The monoisotopic (exact) mass is 411 g/mol. The van der Waals surface area contributed by atoms with Crippen molar-refractivity contribution < 1.29 is 23.0 Å². The minimum absolute atomic E-state index is 0.354. The van der Waals surface area contributed by atoms with E-state index in [-0.39, 0.29) is 5.91 Å². The van der Waals surface area contributed by atoms with E-state index >= 15 is 0 Å². The van der Waals surface area contributed by atoms with Gasteiger partial charge >= 0.3 is 0 Å². The van der Waals surface area contributed by atoms with Gasteiger partial charge in [-0.05, 0) is 48.0 Å². The molecule has 0 bridgehead atoms. The lowest BCUT2D eigenvalue weighted by molar-refractivity contribution is -0.111. The van der Waals surface area contributed by atoms with Crippen molar-refractivity contribution in [2.45, 2.75) is 17.1 Å². The molecule has 1 amide bonds. The van der Waals surface area contributed by atoms with Gasteiger partial charge in [-0.15, -0.1) is 0 Å². The molecular weight excluding hydrogens is 396 g/mol. The van der Waals surface area contributed by atoms with Gasteiger partial charge in [0.25, 0.3) is 5.76 Å². The summed E-state index contributed by atoms with van der Waals surface area (Å²) in [6, 6.07) is 9.64. The molecule has 3 rings (SSSR count). The van der Waals surface area contributed by atoms with Crippen molar-refractivity contribution in [1.29, 1.82) is 0 Å². The molecule has 8 heteroatoms. The second-order valence-electron chi connectivity index (χ2n) is 5.61. The molecular formula is C19H16ClF2NO3S. The average Bonchev–Trinajstić information content (AvgIpc) is 2.87. The van der Waals surface area contributed by atoms with Crippen LogP contribution in [0.25, 0.3) is 6.08 Å². The van der Waals surface area contributed by atoms with Crippen LogP contribution in [0.3, 0.4) is 0 Å². The molecule has 0 spiro atoms. The highest BCUT2D eigenvalue weighted by atomic mass is 35.5. The molecule has 0 aromatic heterocycles. The Hall–Kier alpha value is -2.25. The molecule has 0 aliphatic carbocycles. The number of carbonyl (C=O) groups excluding carboxylic acids is 1. The number of alkyl halides is 2. The summed E-state index contributed by atoms with van der Waals surface area (Å²) < 4.78 is 35.8. The number of nitrogens with one attached hydrogen (secondary N) is 1. The first-order chi connectivity index (χ1) is 13.0. The number of hydrogen-bond donors (Lipinski definition) is 1. The highest BCUT2D eigenvalue weighted by molar-refractivity contribution is 7.99. The van der Waals surface area contributed by atoms with E-state index in [9.17, 15) is 13.6 Å². The Labute approximate surface area is 164 Å². The standard InChI is InChI=1S/C19H16ClF2NO3S/c20-15-10-12(11-16-18(15)26-9-1-8-25-16)2-7-17(24)23-13-3-5-14(6-4-13)27-19(21)22/h2-7,10-11,19H,1,8-9H2,(H,23,24)/b7-2+. The maximum atomic E-state index is 12.3. The van der Waals surface area contributed by atoms with Gasteiger partial charge in [-0.1, -0.05) is 23.4 Å². The number of ether oxygens (including phenoxy) is 2. The van der Waals surface area contributed by atoms with Crippen LogP contribution in [0.4, 0.5) is 14.5 Å². The van der Waals surface area contributed by atoms with E-state index in [1.54, 1.807) is 30.3 Å². The molecule has 0 fully saturated rings. The van der Waals surface area contributed by atoms with Crippen molar-refractivity contribution in [1.82, 2.24) is 0 Å². The molecule has 0 saturated heterocycles. The van der Waals surface area contributed by atoms with Gasteiger partial charge in [-0.3, -0.25) is 4.79 Å². The minimum atomic E-state index is -2.48. The van der Waals surface area contributed by atoms with Crippen molar-refractivity contribution in [2.75, 3.05) is 18.5 Å². The minimum Gasteiger partial charge on any atom is -0.489 e. The third-order valence-electron chi connectivity index (χ3n) is 3.60. The van der Waals surface area contributed by atoms with Gasteiger partial charge in [0.15, 0.2) is 11.5 Å². The lowest BCUT2D eigenvalue weighted by Gasteiger charge is -2.10. The maximum absolute atomic E-state index is 12.3. The number of fused-ring (bicyclic) bond motifs is 1. The first kappa shape index (κ1) is 19.5. The van der Waals surface area contributed by atoms with Crippen molar-refractivity contribution >= 4 is 41.0 Å². The normalized spacial score (nSPS) is 13.6. The summed E-state index contributed by atoms with van der Waals surface area (Å²) in [6.07, 6.45) is 3.74. The molecule has 142 valence electrons. The van der Waals surface area contributed by atoms with Crippen molar-refractivity contribution in [3.63, 3.8) is 0 Å². The molecule has 2 aromatic carbocycles. The van der Waals surface area contributed by atoms with Gasteiger partial charge in [-0.2, -0.15) is 8.78 Å². The number of thioether (sulfide) groups is 1. The van der Waals surface area contributed by atoms with E-state index < -0.39 is 5.76 Å². The van der Waals surface area contributed by atoms with Crippen molar-refractivity contribution in [3.05, 3.63) is 53.1 Å². The number of amides is 1. The first-order valence-corrected chi connectivity index (χ1v) is 9.40. The molecule has 27 heavy (non-hydrogen) atoms. The van der Waals surface area contributed by atoms with Gasteiger partial charge in [-0.25, -0.2) is 0 Å². The number of benzene rings is 2. The number of rotatable bonds is 5. The Balaban J connectivity index is 1.64. The maximum Gasteiger partial charge on any atom is 0.288 e. The van der Waals surface area contributed by atoms with E-state index in [0.29, 0.717) is 57.6 Å². The van der Waals surface area contributed by atoms with E-state index in [1.165, 1.54) is 18.2 Å². The second kappa shape index (κ2) is 9.10. The van der Waals surface area contributed by atoms with E-state index in [0.717, 1.165) is 6.42 Å². The number of halogens is 3. The number of anilines is 1. The van der Waals surface area contributed by atoms with Gasteiger partial charge in [0, 0.05) is 23.1 Å². The predicted molar refractivity (Wildman–Crippen MR) is 103 cm³/mol. The fourth-order valence-electron chi connectivity index (χ4n) is 2.42. The zero-order chi connectivity index (χ0) is 19.2. The van der Waals surface area contributed by atoms with Crippen LogP contribution in [0.1, 0.15) is 12.0 Å². The zero-order valence-electron chi connectivity index (χ0n) is 14.1. The summed E-state index contributed by atoms with van der Waals surface area (Å²) in [5.41, 5.74) is 1.21. The smallest absolute Gasteiger partial charge is 0.288 e. The zero-order valence-corrected chi connectivity index (χ0v) is 15.7. The lowest BCUT2D eigenvalue weighted by atomic mass is 10.2. The largest absolute Gasteiger partial charge is 0.489 e. The molecule has 2 aromatic rings. The highest BCUT2D eigenvalue weighted by Crippen LogP contribution is 2.38. The number of hydrogen-bond acceptors (Lipinski definition) is 4. The Morgan fingerprint density at radius 1 is 1.19 bits per heavy atom. The van der Waals surface area contributed by atoms with Crippen LogP contribution >= 0.6 is 23.4 Å². The van der Waals surface area contributed by atoms with Crippen LogP contribution in [-0.2, 0) is 4.79 Å². The predicted octanol–water partition coefficient (Wildman–Crippen LogP) is 5.47. The van der Waals surface area contributed by atoms with Gasteiger partial charge in [0.1, 0.15) is 0 Å². The fraction of sp³-hybridized carbons (Fsp3) is 0.211. The highest BCUT2D eigenvalue weighted by Gasteiger charge is 2.15. The first-order valence-electron chi connectivity index (χ1n) is 8.14. The van der Waals surface area contributed by atoms with Crippen LogP contribution in [0, 0.1) is 0 Å². The Morgan fingerprint density at radius 3 is 2.67 bits per heavy atom. The molecule has 0 radical (unpaired) electrons. The Morgan fingerprint density at radius 2 is 1.93 bits per heavy atom. The summed E-state index contributed by atoms with van der Waals surface area (Å²) >= 11 is 6.67. The molecule has 0 atom stereocenters. The third kappa shape index (κ3) is 5.61. The molecule has 1 N–H and O–H groups in total. The topological polar surface area (TPSA) is 47.6 Å². The summed E-state index contributed by atoms with van der Waals surface area (Å²) in [5.74, 6) is -1.77. The van der Waals surface area contributed by atoms with Gasteiger partial charge < -0.3 is 14.8 Å². The van der Waals surface area contributed by atoms with E-state index in [2.05, 4.69) is 5.32 Å². The summed E-state index contributed by atoms with van der Waals surface area (Å²) in [4.78, 5) is 12.5. The summed E-state index contributed by atoms with van der Waals surface area (Å²) in [6.45, 7) is 1.08. The SMILES string of the molecule is O=C(/C=C/c1cc(Cl)c2c(c1)OCCCO2)Nc1ccc(SC(F)F)cc1. The Bertz CT molecular complexity index is 844. The molecule has 1 aliphatic rings. The third-order valence-corrected chi connectivity index (χ3v) is 4.60. The van der Waals surface area contributed by atoms with E-state index in [4.69, 9.17) is 21.1 Å². The molecule has 0 saturated carbocycles.